The molecular formula is C11H19NO2. The van der Waals surface area contributed by atoms with Crippen molar-refractivity contribution < 1.29 is 9.53 Å². The number of nitrogens with zero attached hydrogens (tertiary/aromatic N) is 1. The van der Waals surface area contributed by atoms with Gasteiger partial charge >= 0.3 is 0 Å². The van der Waals surface area contributed by atoms with E-state index < -0.39 is 0 Å². The molecule has 2 aliphatic rings. The summed E-state index contributed by atoms with van der Waals surface area (Å²) >= 11 is 0. The molecule has 3 nitrogen and oxygen atoms in total. The molecule has 1 saturated heterocycles. The van der Waals surface area contributed by atoms with Gasteiger partial charge < -0.3 is 9.64 Å². The summed E-state index contributed by atoms with van der Waals surface area (Å²) in [5, 5.41) is 0. The quantitative estimate of drug-likeness (QED) is 0.682. The Bertz CT molecular complexity index is 205. The Morgan fingerprint density at radius 1 is 1.36 bits per heavy atom. The van der Waals surface area contributed by atoms with Crippen LogP contribution in [0.3, 0.4) is 0 Å². The summed E-state index contributed by atoms with van der Waals surface area (Å²) in [6.45, 7) is 4.79. The largest absolute Gasteiger partial charge is 0.372 e. The first kappa shape index (κ1) is 9.97. The van der Waals surface area contributed by atoms with Crippen LogP contribution in [0.4, 0.5) is 0 Å². The molecule has 0 spiro atoms. The van der Waals surface area contributed by atoms with Gasteiger partial charge in [-0.05, 0) is 31.6 Å². The molecule has 0 radical (unpaired) electrons. The summed E-state index contributed by atoms with van der Waals surface area (Å²) in [5.74, 6) is 1.77. The first-order valence-corrected chi connectivity index (χ1v) is 5.66. The summed E-state index contributed by atoms with van der Waals surface area (Å²) in [5.41, 5.74) is 0. The van der Waals surface area contributed by atoms with E-state index >= 15 is 0 Å². The first-order valence-electron chi connectivity index (χ1n) is 5.66. The van der Waals surface area contributed by atoms with Crippen LogP contribution in [-0.4, -0.2) is 37.1 Å². The summed E-state index contributed by atoms with van der Waals surface area (Å²) in [6, 6.07) is 0. The van der Waals surface area contributed by atoms with Crippen molar-refractivity contribution in [2.75, 3.05) is 26.3 Å². The van der Waals surface area contributed by atoms with Gasteiger partial charge in [-0.2, -0.15) is 0 Å². The molecule has 14 heavy (non-hydrogen) atoms. The van der Waals surface area contributed by atoms with Crippen LogP contribution in [0.2, 0.25) is 0 Å². The van der Waals surface area contributed by atoms with Crippen LogP contribution in [-0.2, 0) is 9.53 Å². The Morgan fingerprint density at radius 3 is 2.57 bits per heavy atom. The molecule has 2 fully saturated rings. The van der Waals surface area contributed by atoms with Crippen molar-refractivity contribution >= 4 is 5.91 Å². The Kier molecular flexibility index (Phi) is 3.06. The molecule has 1 amide bonds. The minimum atomic E-state index is 0.182. The SMILES string of the molecule is CCOCC(=O)N1CC2CCCC2C1. The molecule has 0 aromatic heterocycles. The second-order valence-electron chi connectivity index (χ2n) is 4.39. The van der Waals surface area contributed by atoms with E-state index in [0.29, 0.717) is 6.61 Å². The fourth-order valence-electron chi connectivity index (χ4n) is 2.72. The lowest BCUT2D eigenvalue weighted by molar-refractivity contribution is -0.135. The van der Waals surface area contributed by atoms with Gasteiger partial charge in [0.1, 0.15) is 6.61 Å². The van der Waals surface area contributed by atoms with Gasteiger partial charge in [0.05, 0.1) is 0 Å². The first-order chi connectivity index (χ1) is 6.81. The van der Waals surface area contributed by atoms with E-state index in [2.05, 4.69) is 0 Å². The zero-order chi connectivity index (χ0) is 9.97. The van der Waals surface area contributed by atoms with Gasteiger partial charge in [0.25, 0.3) is 0 Å². The van der Waals surface area contributed by atoms with Crippen molar-refractivity contribution in [3.63, 3.8) is 0 Å². The number of carbonyl (C=O) groups excluding carboxylic acids is 1. The molecule has 1 aliphatic carbocycles. The Labute approximate surface area is 85.4 Å². The van der Waals surface area contributed by atoms with Gasteiger partial charge in [0.15, 0.2) is 0 Å². The maximum atomic E-state index is 11.6. The lowest BCUT2D eigenvalue weighted by Crippen LogP contribution is -2.32. The van der Waals surface area contributed by atoms with Crippen molar-refractivity contribution in [1.29, 1.82) is 0 Å². The number of hydrogen-bond acceptors (Lipinski definition) is 2. The normalized spacial score (nSPS) is 30.8. The van der Waals surface area contributed by atoms with Crippen LogP contribution in [0.1, 0.15) is 26.2 Å². The lowest BCUT2D eigenvalue weighted by Gasteiger charge is -2.16. The van der Waals surface area contributed by atoms with E-state index in [0.717, 1.165) is 24.9 Å². The monoisotopic (exact) mass is 197 g/mol. The Morgan fingerprint density at radius 2 is 2.00 bits per heavy atom. The van der Waals surface area contributed by atoms with Crippen molar-refractivity contribution in [1.82, 2.24) is 4.90 Å². The number of carbonyl (C=O) groups is 1. The molecule has 80 valence electrons. The van der Waals surface area contributed by atoms with Gasteiger partial charge in [-0.3, -0.25) is 4.79 Å². The van der Waals surface area contributed by atoms with E-state index in [1.165, 1.54) is 19.3 Å². The Hall–Kier alpha value is -0.570. The molecule has 0 aromatic rings. The highest BCUT2D eigenvalue weighted by molar-refractivity contribution is 5.77. The fraction of sp³-hybridized carbons (Fsp3) is 0.909. The Balaban J connectivity index is 1.80. The smallest absolute Gasteiger partial charge is 0.248 e. The zero-order valence-corrected chi connectivity index (χ0v) is 8.87. The number of hydrogen-bond donors (Lipinski definition) is 0. The van der Waals surface area contributed by atoms with Crippen LogP contribution in [0.5, 0.6) is 0 Å². The number of fused-ring (bicyclic) bond motifs is 1. The molecular weight excluding hydrogens is 178 g/mol. The maximum Gasteiger partial charge on any atom is 0.248 e. The van der Waals surface area contributed by atoms with Gasteiger partial charge in [0.2, 0.25) is 5.91 Å². The number of amides is 1. The predicted molar refractivity (Wildman–Crippen MR) is 53.9 cm³/mol. The molecule has 0 N–H and O–H groups in total. The summed E-state index contributed by atoms with van der Waals surface area (Å²) in [7, 11) is 0. The molecule has 2 rings (SSSR count). The number of rotatable bonds is 3. The van der Waals surface area contributed by atoms with Gasteiger partial charge in [-0.15, -0.1) is 0 Å². The van der Waals surface area contributed by atoms with Crippen molar-refractivity contribution in [3.8, 4) is 0 Å². The second-order valence-corrected chi connectivity index (χ2v) is 4.39. The van der Waals surface area contributed by atoms with Crippen LogP contribution in [0.15, 0.2) is 0 Å². The topological polar surface area (TPSA) is 29.5 Å². The summed E-state index contributed by atoms with van der Waals surface area (Å²) < 4.78 is 5.14. The van der Waals surface area contributed by atoms with E-state index in [-0.39, 0.29) is 12.5 Å². The van der Waals surface area contributed by atoms with Crippen LogP contribution >= 0.6 is 0 Å². The van der Waals surface area contributed by atoms with E-state index in [4.69, 9.17) is 4.74 Å². The van der Waals surface area contributed by atoms with Crippen molar-refractivity contribution in [2.24, 2.45) is 11.8 Å². The number of ether oxygens (including phenoxy) is 1. The van der Waals surface area contributed by atoms with E-state index in [9.17, 15) is 4.79 Å². The van der Waals surface area contributed by atoms with Crippen LogP contribution < -0.4 is 0 Å². The molecule has 3 heteroatoms. The molecule has 1 heterocycles. The molecule has 1 saturated carbocycles. The van der Waals surface area contributed by atoms with Gasteiger partial charge in [-0.25, -0.2) is 0 Å². The molecule has 2 unspecified atom stereocenters. The summed E-state index contributed by atoms with van der Waals surface area (Å²) in [4.78, 5) is 13.6. The summed E-state index contributed by atoms with van der Waals surface area (Å²) in [6.07, 6.45) is 4.01. The van der Waals surface area contributed by atoms with Gasteiger partial charge in [-0.1, -0.05) is 6.42 Å². The van der Waals surface area contributed by atoms with E-state index in [1.54, 1.807) is 0 Å². The third-order valence-corrected chi connectivity index (χ3v) is 3.51. The van der Waals surface area contributed by atoms with Crippen molar-refractivity contribution in [3.05, 3.63) is 0 Å². The third kappa shape index (κ3) is 1.92. The van der Waals surface area contributed by atoms with Crippen LogP contribution in [0, 0.1) is 11.8 Å². The highest BCUT2D eigenvalue weighted by Gasteiger charge is 2.37. The predicted octanol–water partition coefficient (Wildman–Crippen LogP) is 1.28. The third-order valence-electron chi connectivity index (χ3n) is 3.51. The lowest BCUT2D eigenvalue weighted by atomic mass is 10.0. The minimum absolute atomic E-state index is 0.182. The minimum Gasteiger partial charge on any atom is -0.372 e. The number of likely N-dealkylation sites (tertiary alicyclic amines) is 1. The van der Waals surface area contributed by atoms with Gasteiger partial charge in [0, 0.05) is 19.7 Å². The maximum absolute atomic E-state index is 11.6. The molecule has 1 aliphatic heterocycles. The molecule has 2 atom stereocenters. The fourth-order valence-corrected chi connectivity index (χ4v) is 2.72. The standard InChI is InChI=1S/C11H19NO2/c1-2-14-8-11(13)12-6-9-4-3-5-10(9)7-12/h9-10H,2-8H2,1H3. The van der Waals surface area contributed by atoms with Crippen LogP contribution in [0.25, 0.3) is 0 Å². The van der Waals surface area contributed by atoms with E-state index in [1.807, 2.05) is 11.8 Å². The molecule has 0 bridgehead atoms. The highest BCUT2D eigenvalue weighted by Crippen LogP contribution is 2.37. The average Bonchev–Trinajstić information content (AvgIpc) is 2.72. The zero-order valence-electron chi connectivity index (χ0n) is 8.87. The van der Waals surface area contributed by atoms with Crippen molar-refractivity contribution in [2.45, 2.75) is 26.2 Å². The highest BCUT2D eigenvalue weighted by atomic mass is 16.5. The second kappa shape index (κ2) is 4.30. The molecule has 0 aromatic carbocycles. The average molecular weight is 197 g/mol.